The second kappa shape index (κ2) is 3.92. The van der Waals surface area contributed by atoms with Gasteiger partial charge in [-0.05, 0) is 24.1 Å². The largest absolute Gasteiger partial charge is 0.399 e. The molecule has 0 unspecified atom stereocenters. The number of hydrogen-bond acceptors (Lipinski definition) is 2. The van der Waals surface area contributed by atoms with Gasteiger partial charge in [-0.2, -0.15) is 0 Å². The molecule has 0 aliphatic rings. The highest BCUT2D eigenvalue weighted by Gasteiger charge is 2.06. The van der Waals surface area contributed by atoms with Gasteiger partial charge < -0.3 is 11.5 Å². The van der Waals surface area contributed by atoms with E-state index in [0.29, 0.717) is 0 Å². The van der Waals surface area contributed by atoms with Crippen molar-refractivity contribution in [3.8, 4) is 0 Å². The van der Waals surface area contributed by atoms with Crippen LogP contribution in [0.5, 0.6) is 0 Å². The topological polar surface area (TPSA) is 52.0 Å². The summed E-state index contributed by atoms with van der Waals surface area (Å²) in [5, 5.41) is 0. The zero-order valence-electron chi connectivity index (χ0n) is 7.05. The number of nitrogens with two attached hydrogens (primary N) is 2. The molecule has 1 aromatic carbocycles. The summed E-state index contributed by atoms with van der Waals surface area (Å²) >= 11 is 3.43. The van der Waals surface area contributed by atoms with Gasteiger partial charge in [0.05, 0.1) is 0 Å². The summed E-state index contributed by atoms with van der Waals surface area (Å²) in [5.41, 5.74) is 13.3. The molecule has 0 fully saturated rings. The lowest BCUT2D eigenvalue weighted by molar-refractivity contribution is 0.695. The van der Waals surface area contributed by atoms with E-state index in [4.69, 9.17) is 11.5 Å². The normalized spacial score (nSPS) is 12.9. The van der Waals surface area contributed by atoms with Crippen LogP contribution in [0.3, 0.4) is 0 Å². The summed E-state index contributed by atoms with van der Waals surface area (Å²) < 4.78 is 0.997. The Kier molecular flexibility index (Phi) is 3.12. The molecule has 0 saturated heterocycles. The molecule has 1 rings (SSSR count). The molecule has 1 atom stereocenters. The SMILES string of the molecule is CC[C@@H](N)c1ccc(N)cc1Br. The van der Waals surface area contributed by atoms with Crippen molar-refractivity contribution < 1.29 is 0 Å². The van der Waals surface area contributed by atoms with E-state index in [1.807, 2.05) is 18.2 Å². The molecule has 0 heterocycles. The van der Waals surface area contributed by atoms with Crippen LogP contribution in [0.25, 0.3) is 0 Å². The van der Waals surface area contributed by atoms with E-state index in [-0.39, 0.29) is 6.04 Å². The Morgan fingerprint density at radius 2 is 2.17 bits per heavy atom. The van der Waals surface area contributed by atoms with Crippen molar-refractivity contribution in [2.45, 2.75) is 19.4 Å². The molecule has 0 spiro atoms. The molecule has 3 heteroatoms. The van der Waals surface area contributed by atoms with E-state index >= 15 is 0 Å². The van der Waals surface area contributed by atoms with Crippen LogP contribution in [0.15, 0.2) is 22.7 Å². The third-order valence-electron chi connectivity index (χ3n) is 1.86. The summed E-state index contributed by atoms with van der Waals surface area (Å²) in [5.74, 6) is 0. The minimum absolute atomic E-state index is 0.0972. The fraction of sp³-hybridized carbons (Fsp3) is 0.333. The van der Waals surface area contributed by atoms with Crippen LogP contribution in [-0.4, -0.2) is 0 Å². The Hall–Kier alpha value is -0.540. The summed E-state index contributed by atoms with van der Waals surface area (Å²) in [6, 6.07) is 5.81. The van der Waals surface area contributed by atoms with Gasteiger partial charge in [-0.3, -0.25) is 0 Å². The van der Waals surface area contributed by atoms with Gasteiger partial charge in [0.1, 0.15) is 0 Å². The van der Waals surface area contributed by atoms with E-state index in [1.165, 1.54) is 0 Å². The van der Waals surface area contributed by atoms with Crippen molar-refractivity contribution in [1.82, 2.24) is 0 Å². The van der Waals surface area contributed by atoms with Crippen LogP contribution in [0.2, 0.25) is 0 Å². The van der Waals surface area contributed by atoms with Crippen molar-refractivity contribution in [2.75, 3.05) is 5.73 Å². The highest BCUT2D eigenvalue weighted by Crippen LogP contribution is 2.25. The summed E-state index contributed by atoms with van der Waals surface area (Å²) in [6.45, 7) is 2.06. The first-order valence-corrected chi connectivity index (χ1v) is 4.75. The molecule has 4 N–H and O–H groups in total. The van der Waals surface area contributed by atoms with Crippen molar-refractivity contribution in [2.24, 2.45) is 5.73 Å². The maximum Gasteiger partial charge on any atom is 0.0325 e. The standard InChI is InChI=1S/C9H13BrN2/c1-2-9(12)7-4-3-6(11)5-8(7)10/h3-5,9H,2,11-12H2,1H3/t9-/m1/s1. The lowest BCUT2D eigenvalue weighted by Gasteiger charge is -2.11. The number of hydrogen-bond donors (Lipinski definition) is 2. The number of benzene rings is 1. The van der Waals surface area contributed by atoms with Gasteiger partial charge in [-0.15, -0.1) is 0 Å². The van der Waals surface area contributed by atoms with E-state index in [1.54, 1.807) is 0 Å². The van der Waals surface area contributed by atoms with Crippen LogP contribution in [-0.2, 0) is 0 Å². The maximum absolute atomic E-state index is 5.87. The zero-order chi connectivity index (χ0) is 9.14. The Morgan fingerprint density at radius 1 is 1.50 bits per heavy atom. The molecule has 0 aliphatic carbocycles. The van der Waals surface area contributed by atoms with Gasteiger partial charge >= 0.3 is 0 Å². The monoisotopic (exact) mass is 228 g/mol. The number of nitrogen functional groups attached to an aromatic ring is 1. The van der Waals surface area contributed by atoms with Crippen LogP contribution in [0.4, 0.5) is 5.69 Å². The second-order valence-corrected chi connectivity index (χ2v) is 3.65. The zero-order valence-corrected chi connectivity index (χ0v) is 8.64. The van der Waals surface area contributed by atoms with Crippen molar-refractivity contribution in [3.05, 3.63) is 28.2 Å². The summed E-state index contributed by atoms with van der Waals surface area (Å²) in [7, 11) is 0. The molecule has 12 heavy (non-hydrogen) atoms. The average molecular weight is 229 g/mol. The molecular formula is C9H13BrN2. The van der Waals surface area contributed by atoms with E-state index in [2.05, 4.69) is 22.9 Å². The molecule has 0 radical (unpaired) electrons. The van der Waals surface area contributed by atoms with Gasteiger partial charge in [0, 0.05) is 16.2 Å². The third kappa shape index (κ3) is 1.99. The van der Waals surface area contributed by atoms with E-state index in [9.17, 15) is 0 Å². The van der Waals surface area contributed by atoms with Crippen LogP contribution in [0.1, 0.15) is 24.9 Å². The molecule has 0 amide bonds. The van der Waals surface area contributed by atoms with Gasteiger partial charge in [0.2, 0.25) is 0 Å². The first kappa shape index (κ1) is 9.55. The highest BCUT2D eigenvalue weighted by molar-refractivity contribution is 9.10. The molecule has 1 aromatic rings. The first-order valence-electron chi connectivity index (χ1n) is 3.95. The minimum atomic E-state index is 0.0972. The maximum atomic E-state index is 5.87. The van der Waals surface area contributed by atoms with E-state index < -0.39 is 0 Å². The molecule has 0 bridgehead atoms. The first-order chi connectivity index (χ1) is 5.65. The number of halogens is 1. The molecule has 0 aliphatic heterocycles. The Labute approximate surface area is 81.1 Å². The lowest BCUT2D eigenvalue weighted by Crippen LogP contribution is -2.09. The smallest absolute Gasteiger partial charge is 0.0325 e. The van der Waals surface area contributed by atoms with Gasteiger partial charge in [0.25, 0.3) is 0 Å². The number of rotatable bonds is 2. The lowest BCUT2D eigenvalue weighted by atomic mass is 10.1. The predicted octanol–water partition coefficient (Wildman–Crippen LogP) is 2.44. The molecule has 0 aromatic heterocycles. The Balaban J connectivity index is 3.01. The van der Waals surface area contributed by atoms with Crippen LogP contribution < -0.4 is 11.5 Å². The minimum Gasteiger partial charge on any atom is -0.399 e. The summed E-state index contributed by atoms with van der Waals surface area (Å²) in [4.78, 5) is 0. The fourth-order valence-electron chi connectivity index (χ4n) is 1.06. The van der Waals surface area contributed by atoms with Crippen molar-refractivity contribution >= 4 is 21.6 Å². The molecule has 2 nitrogen and oxygen atoms in total. The molecule has 66 valence electrons. The average Bonchev–Trinajstić information content (AvgIpc) is 2.03. The molecule has 0 saturated carbocycles. The van der Waals surface area contributed by atoms with Crippen molar-refractivity contribution in [3.63, 3.8) is 0 Å². The highest BCUT2D eigenvalue weighted by atomic mass is 79.9. The Bertz CT molecular complexity index is 273. The quantitative estimate of drug-likeness (QED) is 0.765. The fourth-order valence-corrected chi connectivity index (χ4v) is 1.75. The van der Waals surface area contributed by atoms with Gasteiger partial charge in [-0.1, -0.05) is 28.9 Å². The second-order valence-electron chi connectivity index (χ2n) is 2.80. The van der Waals surface area contributed by atoms with Gasteiger partial charge in [-0.25, -0.2) is 0 Å². The van der Waals surface area contributed by atoms with Crippen LogP contribution in [0, 0.1) is 0 Å². The van der Waals surface area contributed by atoms with Crippen molar-refractivity contribution in [1.29, 1.82) is 0 Å². The van der Waals surface area contributed by atoms with Crippen LogP contribution >= 0.6 is 15.9 Å². The Morgan fingerprint density at radius 3 is 2.67 bits per heavy atom. The summed E-state index contributed by atoms with van der Waals surface area (Å²) in [6.07, 6.45) is 0.933. The van der Waals surface area contributed by atoms with E-state index in [0.717, 1.165) is 22.1 Å². The predicted molar refractivity (Wildman–Crippen MR) is 55.8 cm³/mol. The number of anilines is 1. The van der Waals surface area contributed by atoms with Gasteiger partial charge in [0.15, 0.2) is 0 Å². The molecular weight excluding hydrogens is 216 g/mol. The third-order valence-corrected chi connectivity index (χ3v) is 2.55.